The predicted molar refractivity (Wildman–Crippen MR) is 70.7 cm³/mol. The Kier molecular flexibility index (Phi) is 6.07. The molecular weight excluding hydrogens is 305 g/mol. The predicted octanol–water partition coefficient (Wildman–Crippen LogP) is 3.12. The molecule has 18 heavy (non-hydrogen) atoms. The van der Waals surface area contributed by atoms with Gasteiger partial charge in [-0.15, -0.1) is 0 Å². The fourth-order valence-corrected chi connectivity index (χ4v) is 1.96. The number of benzene rings is 1. The van der Waals surface area contributed by atoms with E-state index in [4.69, 9.17) is 9.84 Å². The molecule has 0 saturated carbocycles. The summed E-state index contributed by atoms with van der Waals surface area (Å²) in [5.74, 6) is -1.74. The number of methoxy groups -OCH3 is 1. The minimum Gasteiger partial charge on any atom is -0.478 e. The standard InChI is InChI=1S/C12H15BrFNO3/c1-18-7-3-2-6-15-9-5-4-8(12(16)17)10(13)11(9)14/h4-5,15H,2-3,6-7H2,1H3,(H,16,17). The zero-order valence-corrected chi connectivity index (χ0v) is 11.6. The number of halogens is 2. The number of hydrogen-bond acceptors (Lipinski definition) is 3. The van der Waals surface area contributed by atoms with Gasteiger partial charge in [-0.3, -0.25) is 0 Å². The summed E-state index contributed by atoms with van der Waals surface area (Å²) >= 11 is 2.95. The third-order valence-electron chi connectivity index (χ3n) is 2.40. The van der Waals surface area contributed by atoms with Crippen LogP contribution in [0, 0.1) is 5.82 Å². The molecule has 1 aromatic carbocycles. The molecule has 0 radical (unpaired) electrons. The normalized spacial score (nSPS) is 10.4. The van der Waals surface area contributed by atoms with Gasteiger partial charge in [0, 0.05) is 20.3 Å². The molecule has 100 valence electrons. The molecule has 0 unspecified atom stereocenters. The van der Waals surface area contributed by atoms with E-state index in [1.165, 1.54) is 12.1 Å². The van der Waals surface area contributed by atoms with E-state index in [-0.39, 0.29) is 10.0 Å². The molecule has 0 amide bonds. The lowest BCUT2D eigenvalue weighted by Crippen LogP contribution is -2.07. The number of unbranched alkanes of at least 4 members (excludes halogenated alkanes) is 1. The molecule has 6 heteroatoms. The van der Waals surface area contributed by atoms with Gasteiger partial charge < -0.3 is 15.2 Å². The Hall–Kier alpha value is -1.14. The number of rotatable bonds is 7. The first-order valence-corrected chi connectivity index (χ1v) is 6.31. The average molecular weight is 320 g/mol. The largest absolute Gasteiger partial charge is 0.478 e. The second kappa shape index (κ2) is 7.33. The third-order valence-corrected chi connectivity index (χ3v) is 3.18. The summed E-state index contributed by atoms with van der Waals surface area (Å²) in [6.07, 6.45) is 1.74. The molecule has 0 spiro atoms. The van der Waals surface area contributed by atoms with Crippen molar-refractivity contribution in [1.29, 1.82) is 0 Å². The summed E-state index contributed by atoms with van der Waals surface area (Å²) in [6.45, 7) is 1.28. The lowest BCUT2D eigenvalue weighted by atomic mass is 10.2. The van der Waals surface area contributed by atoms with Crippen LogP contribution in [-0.2, 0) is 4.74 Å². The molecule has 1 aromatic rings. The van der Waals surface area contributed by atoms with Crippen molar-refractivity contribution in [3.05, 3.63) is 28.0 Å². The SMILES string of the molecule is COCCCCNc1ccc(C(=O)O)c(Br)c1F. The van der Waals surface area contributed by atoms with Gasteiger partial charge in [0.25, 0.3) is 0 Å². The van der Waals surface area contributed by atoms with E-state index in [1.807, 2.05) is 0 Å². The highest BCUT2D eigenvalue weighted by molar-refractivity contribution is 9.10. The maximum atomic E-state index is 13.8. The van der Waals surface area contributed by atoms with Crippen molar-refractivity contribution < 1.29 is 19.0 Å². The molecular formula is C12H15BrFNO3. The third kappa shape index (κ3) is 3.96. The number of nitrogens with one attached hydrogen (secondary N) is 1. The number of aromatic carboxylic acids is 1. The molecule has 0 aliphatic heterocycles. The molecule has 0 atom stereocenters. The molecule has 0 heterocycles. The lowest BCUT2D eigenvalue weighted by Gasteiger charge is -2.09. The number of carboxylic acids is 1. The lowest BCUT2D eigenvalue weighted by molar-refractivity contribution is 0.0695. The fourth-order valence-electron chi connectivity index (χ4n) is 1.45. The van der Waals surface area contributed by atoms with Crippen LogP contribution in [0.1, 0.15) is 23.2 Å². The number of carboxylic acid groups (broad SMARTS) is 1. The van der Waals surface area contributed by atoms with Crippen LogP contribution >= 0.6 is 15.9 Å². The maximum Gasteiger partial charge on any atom is 0.336 e. The summed E-state index contributed by atoms with van der Waals surface area (Å²) in [6, 6.07) is 2.80. The van der Waals surface area contributed by atoms with Gasteiger partial charge in [-0.2, -0.15) is 0 Å². The Bertz CT molecular complexity index is 426. The highest BCUT2D eigenvalue weighted by Crippen LogP contribution is 2.27. The van der Waals surface area contributed by atoms with Crippen LogP contribution in [0.5, 0.6) is 0 Å². The highest BCUT2D eigenvalue weighted by atomic mass is 79.9. The number of anilines is 1. The molecule has 0 bridgehead atoms. The first-order valence-electron chi connectivity index (χ1n) is 5.52. The van der Waals surface area contributed by atoms with Gasteiger partial charge in [0.05, 0.1) is 15.7 Å². The summed E-state index contributed by atoms with van der Waals surface area (Å²) in [5, 5.41) is 11.7. The molecule has 0 saturated heterocycles. The van der Waals surface area contributed by atoms with Gasteiger partial charge in [-0.25, -0.2) is 9.18 Å². The van der Waals surface area contributed by atoms with Crippen molar-refractivity contribution in [2.75, 3.05) is 25.6 Å². The van der Waals surface area contributed by atoms with Crippen LogP contribution in [0.3, 0.4) is 0 Å². The summed E-state index contributed by atoms with van der Waals surface area (Å²) in [5.41, 5.74) is 0.210. The van der Waals surface area contributed by atoms with E-state index >= 15 is 0 Å². The van der Waals surface area contributed by atoms with Crippen molar-refractivity contribution >= 4 is 27.6 Å². The molecule has 4 nitrogen and oxygen atoms in total. The van der Waals surface area contributed by atoms with Gasteiger partial charge in [0.15, 0.2) is 5.82 Å². The molecule has 0 aromatic heterocycles. The molecule has 1 rings (SSSR count). The summed E-state index contributed by atoms with van der Waals surface area (Å²) < 4.78 is 18.7. The van der Waals surface area contributed by atoms with Crippen LogP contribution in [0.2, 0.25) is 0 Å². The second-order valence-electron chi connectivity index (χ2n) is 3.72. The van der Waals surface area contributed by atoms with E-state index in [9.17, 15) is 9.18 Å². The number of hydrogen-bond donors (Lipinski definition) is 2. The summed E-state index contributed by atoms with van der Waals surface area (Å²) in [4.78, 5) is 10.8. The van der Waals surface area contributed by atoms with Crippen molar-refractivity contribution in [1.82, 2.24) is 0 Å². The minimum atomic E-state index is -1.16. The number of ether oxygens (including phenoxy) is 1. The Labute approximate surface area is 113 Å². The molecule has 0 aliphatic rings. The second-order valence-corrected chi connectivity index (χ2v) is 4.51. The van der Waals surface area contributed by atoms with Crippen LogP contribution in [0.25, 0.3) is 0 Å². The Balaban J connectivity index is 2.62. The van der Waals surface area contributed by atoms with Gasteiger partial charge in [-0.05, 0) is 40.9 Å². The topological polar surface area (TPSA) is 58.6 Å². The fraction of sp³-hybridized carbons (Fsp3) is 0.417. The van der Waals surface area contributed by atoms with Gasteiger partial charge in [0.1, 0.15) is 0 Å². The Morgan fingerprint density at radius 3 is 2.83 bits per heavy atom. The van der Waals surface area contributed by atoms with Crippen molar-refractivity contribution in [2.45, 2.75) is 12.8 Å². The highest BCUT2D eigenvalue weighted by Gasteiger charge is 2.15. The average Bonchev–Trinajstić information content (AvgIpc) is 2.33. The van der Waals surface area contributed by atoms with E-state index in [2.05, 4.69) is 21.2 Å². The maximum absolute atomic E-state index is 13.8. The van der Waals surface area contributed by atoms with E-state index in [0.717, 1.165) is 12.8 Å². The Morgan fingerprint density at radius 2 is 2.22 bits per heavy atom. The molecule has 0 aliphatic carbocycles. The van der Waals surface area contributed by atoms with Gasteiger partial charge in [0.2, 0.25) is 0 Å². The van der Waals surface area contributed by atoms with E-state index in [0.29, 0.717) is 18.8 Å². The van der Waals surface area contributed by atoms with Crippen LogP contribution < -0.4 is 5.32 Å². The van der Waals surface area contributed by atoms with Crippen LogP contribution in [0.15, 0.2) is 16.6 Å². The monoisotopic (exact) mass is 319 g/mol. The van der Waals surface area contributed by atoms with Gasteiger partial charge >= 0.3 is 5.97 Å². The first-order chi connectivity index (χ1) is 8.57. The van der Waals surface area contributed by atoms with E-state index < -0.39 is 11.8 Å². The van der Waals surface area contributed by atoms with Crippen LogP contribution in [0.4, 0.5) is 10.1 Å². The first kappa shape index (κ1) is 14.9. The van der Waals surface area contributed by atoms with Crippen LogP contribution in [-0.4, -0.2) is 31.3 Å². The van der Waals surface area contributed by atoms with Gasteiger partial charge in [-0.1, -0.05) is 0 Å². The van der Waals surface area contributed by atoms with Crippen molar-refractivity contribution in [3.8, 4) is 0 Å². The minimum absolute atomic E-state index is 0.0307. The molecule has 2 N–H and O–H groups in total. The quantitative estimate of drug-likeness (QED) is 0.758. The Morgan fingerprint density at radius 1 is 1.50 bits per heavy atom. The van der Waals surface area contributed by atoms with E-state index in [1.54, 1.807) is 7.11 Å². The zero-order valence-electron chi connectivity index (χ0n) is 10.0. The van der Waals surface area contributed by atoms with Crippen molar-refractivity contribution in [2.24, 2.45) is 0 Å². The smallest absolute Gasteiger partial charge is 0.336 e. The molecule has 0 fully saturated rings. The summed E-state index contributed by atoms with van der Waals surface area (Å²) in [7, 11) is 1.63. The number of carbonyl (C=O) groups is 1. The zero-order chi connectivity index (χ0) is 13.5. The van der Waals surface area contributed by atoms with Crippen molar-refractivity contribution in [3.63, 3.8) is 0 Å².